The fourth-order valence-electron chi connectivity index (χ4n) is 1.74. The van der Waals surface area contributed by atoms with Crippen molar-refractivity contribution in [3.63, 3.8) is 0 Å². The van der Waals surface area contributed by atoms with Crippen LogP contribution in [-0.4, -0.2) is 10.2 Å². The maximum atomic E-state index is 3.88. The van der Waals surface area contributed by atoms with E-state index >= 15 is 0 Å². The van der Waals surface area contributed by atoms with Crippen molar-refractivity contribution in [1.29, 1.82) is 0 Å². The highest BCUT2D eigenvalue weighted by Gasteiger charge is 2.16. The van der Waals surface area contributed by atoms with Gasteiger partial charge in [0.05, 0.1) is 6.20 Å². The van der Waals surface area contributed by atoms with Gasteiger partial charge in [-0.2, -0.15) is 10.2 Å². The van der Waals surface area contributed by atoms with E-state index < -0.39 is 0 Å². The third-order valence-electron chi connectivity index (χ3n) is 2.25. The number of hydrogen-bond donors (Lipinski definition) is 0. The van der Waals surface area contributed by atoms with E-state index in [1.54, 1.807) is 6.20 Å². The van der Waals surface area contributed by atoms with E-state index in [1.807, 2.05) is 12.3 Å². The smallest absolute Gasteiger partial charge is 0.0528 e. The SMILES string of the molecule is CCCC(C)(C)Cc1ccnnc1. The van der Waals surface area contributed by atoms with Gasteiger partial charge in [-0.3, -0.25) is 0 Å². The predicted octanol–water partition coefficient (Wildman–Crippen LogP) is 2.85. The molecule has 72 valence electrons. The molecular formula is C11H18N2. The molecule has 1 rings (SSSR count). The maximum Gasteiger partial charge on any atom is 0.0528 e. The molecule has 2 nitrogen and oxygen atoms in total. The lowest BCUT2D eigenvalue weighted by Crippen LogP contribution is -2.14. The molecule has 0 atom stereocenters. The lowest BCUT2D eigenvalue weighted by Gasteiger charge is -2.23. The van der Waals surface area contributed by atoms with Gasteiger partial charge in [-0.15, -0.1) is 0 Å². The zero-order chi connectivity index (χ0) is 9.73. The first-order valence-electron chi connectivity index (χ1n) is 4.89. The number of nitrogens with zero attached hydrogens (tertiary/aromatic N) is 2. The van der Waals surface area contributed by atoms with Gasteiger partial charge in [0.1, 0.15) is 0 Å². The Morgan fingerprint density at radius 3 is 2.62 bits per heavy atom. The highest BCUT2D eigenvalue weighted by molar-refractivity contribution is 5.07. The van der Waals surface area contributed by atoms with E-state index in [0.717, 1.165) is 6.42 Å². The first-order valence-corrected chi connectivity index (χ1v) is 4.89. The molecule has 0 aliphatic carbocycles. The minimum atomic E-state index is 0.387. The monoisotopic (exact) mass is 178 g/mol. The van der Waals surface area contributed by atoms with Crippen LogP contribution in [0.25, 0.3) is 0 Å². The molecule has 0 aliphatic heterocycles. The van der Waals surface area contributed by atoms with Crippen molar-refractivity contribution in [3.05, 3.63) is 24.0 Å². The summed E-state index contributed by atoms with van der Waals surface area (Å²) in [5.74, 6) is 0. The summed E-state index contributed by atoms with van der Waals surface area (Å²) in [5, 5.41) is 7.65. The van der Waals surface area contributed by atoms with Crippen LogP contribution in [0.2, 0.25) is 0 Å². The zero-order valence-electron chi connectivity index (χ0n) is 8.75. The van der Waals surface area contributed by atoms with Gasteiger partial charge >= 0.3 is 0 Å². The average molecular weight is 178 g/mol. The molecule has 0 amide bonds. The molecule has 0 N–H and O–H groups in total. The Kier molecular flexibility index (Phi) is 3.40. The molecule has 0 aromatic carbocycles. The second-order valence-corrected chi connectivity index (χ2v) is 4.34. The third-order valence-corrected chi connectivity index (χ3v) is 2.25. The summed E-state index contributed by atoms with van der Waals surface area (Å²) in [6.45, 7) is 6.83. The molecule has 0 spiro atoms. The van der Waals surface area contributed by atoms with Crippen LogP contribution in [-0.2, 0) is 6.42 Å². The largest absolute Gasteiger partial charge is 0.159 e. The first-order chi connectivity index (χ1) is 6.14. The number of hydrogen-bond acceptors (Lipinski definition) is 2. The van der Waals surface area contributed by atoms with Crippen molar-refractivity contribution < 1.29 is 0 Å². The van der Waals surface area contributed by atoms with Gasteiger partial charge in [0.15, 0.2) is 0 Å². The normalized spacial score (nSPS) is 11.6. The Morgan fingerprint density at radius 2 is 2.08 bits per heavy atom. The van der Waals surface area contributed by atoms with E-state index in [1.165, 1.54) is 18.4 Å². The summed E-state index contributed by atoms with van der Waals surface area (Å²) in [4.78, 5) is 0. The topological polar surface area (TPSA) is 25.8 Å². The Labute approximate surface area is 80.4 Å². The molecule has 2 heteroatoms. The summed E-state index contributed by atoms with van der Waals surface area (Å²) >= 11 is 0. The standard InChI is InChI=1S/C11H18N2/c1-4-6-11(2,3)8-10-5-7-12-13-9-10/h5,7,9H,4,6,8H2,1-3H3. The van der Waals surface area contributed by atoms with E-state index in [9.17, 15) is 0 Å². The van der Waals surface area contributed by atoms with Gasteiger partial charge in [-0.05, 0) is 29.9 Å². The summed E-state index contributed by atoms with van der Waals surface area (Å²) in [7, 11) is 0. The second-order valence-electron chi connectivity index (χ2n) is 4.34. The second kappa shape index (κ2) is 4.35. The van der Waals surface area contributed by atoms with E-state index in [0.29, 0.717) is 5.41 Å². The van der Waals surface area contributed by atoms with Gasteiger partial charge < -0.3 is 0 Å². The van der Waals surface area contributed by atoms with Gasteiger partial charge in [-0.1, -0.05) is 27.2 Å². The van der Waals surface area contributed by atoms with Gasteiger partial charge in [0.25, 0.3) is 0 Å². The molecule has 1 heterocycles. The Hall–Kier alpha value is -0.920. The Bertz CT molecular complexity index is 242. The van der Waals surface area contributed by atoms with Crippen molar-refractivity contribution in [1.82, 2.24) is 10.2 Å². The van der Waals surface area contributed by atoms with Crippen LogP contribution in [0, 0.1) is 5.41 Å². The number of aromatic nitrogens is 2. The zero-order valence-corrected chi connectivity index (χ0v) is 8.75. The minimum Gasteiger partial charge on any atom is -0.159 e. The summed E-state index contributed by atoms with van der Waals surface area (Å²) in [6, 6.07) is 2.05. The van der Waals surface area contributed by atoms with Crippen LogP contribution in [0.3, 0.4) is 0 Å². The molecule has 0 bridgehead atoms. The molecule has 0 aliphatic rings. The molecular weight excluding hydrogens is 160 g/mol. The van der Waals surface area contributed by atoms with Gasteiger partial charge in [-0.25, -0.2) is 0 Å². The summed E-state index contributed by atoms with van der Waals surface area (Å²) in [6.07, 6.45) is 7.21. The van der Waals surface area contributed by atoms with Crippen molar-refractivity contribution >= 4 is 0 Å². The average Bonchev–Trinajstić information content (AvgIpc) is 2.04. The highest BCUT2D eigenvalue weighted by Crippen LogP contribution is 2.26. The van der Waals surface area contributed by atoms with Crippen LogP contribution in [0.4, 0.5) is 0 Å². The Morgan fingerprint density at radius 1 is 1.31 bits per heavy atom. The van der Waals surface area contributed by atoms with Crippen LogP contribution < -0.4 is 0 Å². The molecule has 1 aromatic rings. The maximum absolute atomic E-state index is 3.88. The molecule has 0 unspecified atom stereocenters. The van der Waals surface area contributed by atoms with Crippen LogP contribution >= 0.6 is 0 Å². The Balaban J connectivity index is 2.58. The number of rotatable bonds is 4. The van der Waals surface area contributed by atoms with Crippen molar-refractivity contribution in [2.24, 2.45) is 5.41 Å². The van der Waals surface area contributed by atoms with Gasteiger partial charge in [0, 0.05) is 6.20 Å². The molecule has 13 heavy (non-hydrogen) atoms. The van der Waals surface area contributed by atoms with Crippen molar-refractivity contribution in [3.8, 4) is 0 Å². The molecule has 0 radical (unpaired) electrons. The van der Waals surface area contributed by atoms with E-state index in [-0.39, 0.29) is 0 Å². The fourth-order valence-corrected chi connectivity index (χ4v) is 1.74. The predicted molar refractivity (Wildman–Crippen MR) is 54.4 cm³/mol. The molecule has 0 saturated carbocycles. The lowest BCUT2D eigenvalue weighted by atomic mass is 9.82. The van der Waals surface area contributed by atoms with E-state index in [2.05, 4.69) is 31.0 Å². The first kappa shape index (κ1) is 10.2. The minimum absolute atomic E-state index is 0.387. The summed E-state index contributed by atoms with van der Waals surface area (Å²) in [5.41, 5.74) is 1.67. The lowest BCUT2D eigenvalue weighted by molar-refractivity contribution is 0.328. The fraction of sp³-hybridized carbons (Fsp3) is 0.636. The van der Waals surface area contributed by atoms with Gasteiger partial charge in [0.2, 0.25) is 0 Å². The van der Waals surface area contributed by atoms with Crippen molar-refractivity contribution in [2.45, 2.75) is 40.0 Å². The van der Waals surface area contributed by atoms with Crippen LogP contribution in [0.1, 0.15) is 39.2 Å². The van der Waals surface area contributed by atoms with Crippen LogP contribution in [0.5, 0.6) is 0 Å². The molecule has 0 fully saturated rings. The van der Waals surface area contributed by atoms with Crippen LogP contribution in [0.15, 0.2) is 18.5 Å². The van der Waals surface area contributed by atoms with Crippen molar-refractivity contribution in [2.75, 3.05) is 0 Å². The third kappa shape index (κ3) is 3.53. The molecule has 0 saturated heterocycles. The highest BCUT2D eigenvalue weighted by atomic mass is 15.1. The quantitative estimate of drug-likeness (QED) is 0.708. The molecule has 1 aromatic heterocycles. The van der Waals surface area contributed by atoms with E-state index in [4.69, 9.17) is 0 Å². The summed E-state index contributed by atoms with van der Waals surface area (Å²) < 4.78 is 0.